The van der Waals surface area contributed by atoms with Crippen molar-refractivity contribution in [2.24, 2.45) is 0 Å². The van der Waals surface area contributed by atoms with Crippen molar-refractivity contribution in [1.29, 1.82) is 0 Å². The van der Waals surface area contributed by atoms with E-state index in [1.54, 1.807) is 18.2 Å². The average molecular weight is 219 g/mol. The Kier molecular flexibility index (Phi) is 2.62. The molecule has 0 spiro atoms. The summed E-state index contributed by atoms with van der Waals surface area (Å²) in [4.78, 5) is 12.0. The van der Waals surface area contributed by atoms with E-state index in [4.69, 9.17) is 0 Å². The number of rotatable bonds is 2. The summed E-state index contributed by atoms with van der Waals surface area (Å²) in [5, 5.41) is 12.3. The molecular weight excluding hydrogens is 202 g/mol. The maximum atomic E-state index is 12.0. The van der Waals surface area contributed by atoms with Crippen LogP contribution in [-0.2, 0) is 0 Å². The van der Waals surface area contributed by atoms with Gasteiger partial charge in [-0.25, -0.2) is 0 Å². The van der Waals surface area contributed by atoms with Crippen molar-refractivity contribution in [1.82, 2.24) is 5.32 Å². The number of hydrogen-bond donors (Lipinski definition) is 2. The van der Waals surface area contributed by atoms with Gasteiger partial charge in [0.05, 0.1) is 0 Å². The minimum Gasteiger partial charge on any atom is -0.508 e. The van der Waals surface area contributed by atoms with Crippen LogP contribution in [0.5, 0.6) is 5.75 Å². The minimum atomic E-state index is -0.0419. The zero-order valence-corrected chi connectivity index (χ0v) is 9.71. The molecule has 0 heterocycles. The van der Waals surface area contributed by atoms with Crippen LogP contribution < -0.4 is 5.32 Å². The minimum absolute atomic E-state index is 0.0264. The van der Waals surface area contributed by atoms with Crippen molar-refractivity contribution in [3.63, 3.8) is 0 Å². The lowest BCUT2D eigenvalue weighted by molar-refractivity contribution is 0.0850. The van der Waals surface area contributed by atoms with Crippen LogP contribution in [0.3, 0.4) is 0 Å². The van der Waals surface area contributed by atoms with Gasteiger partial charge in [-0.1, -0.05) is 0 Å². The molecule has 1 aliphatic carbocycles. The fourth-order valence-corrected chi connectivity index (χ4v) is 2.08. The number of phenols is 1. The van der Waals surface area contributed by atoms with Crippen molar-refractivity contribution in [3.8, 4) is 5.75 Å². The molecule has 1 fully saturated rings. The van der Waals surface area contributed by atoms with Crippen LogP contribution in [0, 0.1) is 6.92 Å². The highest BCUT2D eigenvalue weighted by molar-refractivity contribution is 5.96. The monoisotopic (exact) mass is 219 g/mol. The van der Waals surface area contributed by atoms with Crippen LogP contribution in [-0.4, -0.2) is 16.6 Å². The van der Waals surface area contributed by atoms with E-state index in [9.17, 15) is 9.90 Å². The fourth-order valence-electron chi connectivity index (χ4n) is 2.08. The van der Waals surface area contributed by atoms with Crippen LogP contribution in [0.25, 0.3) is 0 Å². The van der Waals surface area contributed by atoms with Crippen molar-refractivity contribution >= 4 is 5.91 Å². The van der Waals surface area contributed by atoms with Gasteiger partial charge in [0.1, 0.15) is 5.75 Å². The average Bonchev–Trinajstić information content (AvgIpc) is 2.14. The molecule has 3 heteroatoms. The highest BCUT2D eigenvalue weighted by Crippen LogP contribution is 2.31. The SMILES string of the molecule is Cc1cc(O)ccc1C(=O)NC1(C)CCC1. The predicted octanol–water partition coefficient (Wildman–Crippen LogP) is 2.37. The van der Waals surface area contributed by atoms with Crippen LogP contribution in [0.2, 0.25) is 0 Å². The van der Waals surface area contributed by atoms with Gasteiger partial charge in [0.25, 0.3) is 5.91 Å². The first kappa shape index (κ1) is 11.0. The van der Waals surface area contributed by atoms with Gasteiger partial charge >= 0.3 is 0 Å². The first-order chi connectivity index (χ1) is 7.50. The highest BCUT2D eigenvalue weighted by atomic mass is 16.3. The van der Waals surface area contributed by atoms with Gasteiger partial charge in [0, 0.05) is 11.1 Å². The summed E-state index contributed by atoms with van der Waals surface area (Å²) in [5.41, 5.74) is 1.42. The molecule has 0 unspecified atom stereocenters. The molecule has 1 saturated carbocycles. The van der Waals surface area contributed by atoms with Gasteiger partial charge < -0.3 is 10.4 Å². The number of benzene rings is 1. The first-order valence-corrected chi connectivity index (χ1v) is 5.62. The van der Waals surface area contributed by atoms with Crippen molar-refractivity contribution < 1.29 is 9.90 Å². The number of aryl methyl sites for hydroxylation is 1. The summed E-state index contributed by atoms with van der Waals surface area (Å²) < 4.78 is 0. The second kappa shape index (κ2) is 3.81. The van der Waals surface area contributed by atoms with E-state index in [2.05, 4.69) is 12.2 Å². The molecular formula is C13H17NO2. The van der Waals surface area contributed by atoms with Crippen LogP contribution >= 0.6 is 0 Å². The number of carbonyl (C=O) groups is 1. The molecule has 1 aromatic carbocycles. The molecule has 16 heavy (non-hydrogen) atoms. The van der Waals surface area contributed by atoms with E-state index in [1.807, 2.05) is 6.92 Å². The number of hydrogen-bond acceptors (Lipinski definition) is 2. The summed E-state index contributed by atoms with van der Waals surface area (Å²) >= 11 is 0. The van der Waals surface area contributed by atoms with E-state index < -0.39 is 0 Å². The smallest absolute Gasteiger partial charge is 0.251 e. The molecule has 86 valence electrons. The number of amides is 1. The Morgan fingerprint density at radius 2 is 2.12 bits per heavy atom. The largest absolute Gasteiger partial charge is 0.508 e. The van der Waals surface area contributed by atoms with E-state index in [0.29, 0.717) is 5.56 Å². The number of aromatic hydroxyl groups is 1. The Bertz CT molecular complexity index is 422. The van der Waals surface area contributed by atoms with Crippen molar-refractivity contribution in [2.45, 2.75) is 38.6 Å². The normalized spacial score (nSPS) is 17.6. The fraction of sp³-hybridized carbons (Fsp3) is 0.462. The molecule has 0 aromatic heterocycles. The number of nitrogens with one attached hydrogen (secondary N) is 1. The van der Waals surface area contributed by atoms with Crippen LogP contribution in [0.1, 0.15) is 42.1 Å². The maximum Gasteiger partial charge on any atom is 0.251 e. The molecule has 2 N–H and O–H groups in total. The van der Waals surface area contributed by atoms with Gasteiger partial charge in [-0.2, -0.15) is 0 Å². The van der Waals surface area contributed by atoms with Gasteiger partial charge in [-0.3, -0.25) is 4.79 Å². The lowest BCUT2D eigenvalue weighted by Gasteiger charge is -2.39. The third-order valence-corrected chi connectivity index (χ3v) is 3.33. The molecule has 0 atom stereocenters. The highest BCUT2D eigenvalue weighted by Gasteiger charge is 2.33. The predicted molar refractivity (Wildman–Crippen MR) is 62.6 cm³/mol. The van der Waals surface area contributed by atoms with Gasteiger partial charge in [0.2, 0.25) is 0 Å². The molecule has 0 radical (unpaired) electrons. The third-order valence-electron chi connectivity index (χ3n) is 3.33. The second-order valence-corrected chi connectivity index (χ2v) is 4.87. The standard InChI is InChI=1S/C13H17NO2/c1-9-8-10(15)4-5-11(9)12(16)14-13(2)6-3-7-13/h4-5,8,15H,3,6-7H2,1-2H3,(H,14,16). The van der Waals surface area contributed by atoms with Gasteiger partial charge in [-0.15, -0.1) is 0 Å². The molecule has 0 bridgehead atoms. The molecule has 0 saturated heterocycles. The van der Waals surface area contributed by atoms with Crippen molar-refractivity contribution in [2.75, 3.05) is 0 Å². The molecule has 1 aromatic rings. The molecule has 3 nitrogen and oxygen atoms in total. The van der Waals surface area contributed by atoms with Gasteiger partial charge in [-0.05, 0) is 56.9 Å². The molecule has 1 aliphatic rings. The molecule has 0 aliphatic heterocycles. The molecule has 1 amide bonds. The topological polar surface area (TPSA) is 49.3 Å². The molecule has 2 rings (SSSR count). The summed E-state index contributed by atoms with van der Waals surface area (Å²) in [6.07, 6.45) is 3.29. The lowest BCUT2D eigenvalue weighted by atomic mass is 9.78. The summed E-state index contributed by atoms with van der Waals surface area (Å²) in [6, 6.07) is 4.82. The Hall–Kier alpha value is -1.51. The summed E-state index contributed by atoms with van der Waals surface area (Å²) in [5.74, 6) is 0.156. The Labute approximate surface area is 95.5 Å². The first-order valence-electron chi connectivity index (χ1n) is 5.62. The zero-order valence-electron chi connectivity index (χ0n) is 9.71. The number of phenolic OH excluding ortho intramolecular Hbond substituents is 1. The quantitative estimate of drug-likeness (QED) is 0.802. The lowest BCUT2D eigenvalue weighted by Crippen LogP contribution is -2.51. The van der Waals surface area contributed by atoms with Gasteiger partial charge in [0.15, 0.2) is 0 Å². The van der Waals surface area contributed by atoms with Crippen LogP contribution in [0.15, 0.2) is 18.2 Å². The van der Waals surface area contributed by atoms with E-state index >= 15 is 0 Å². The summed E-state index contributed by atoms with van der Waals surface area (Å²) in [7, 11) is 0. The number of carbonyl (C=O) groups excluding carboxylic acids is 1. The second-order valence-electron chi connectivity index (χ2n) is 4.87. The summed E-state index contributed by atoms with van der Waals surface area (Å²) in [6.45, 7) is 3.90. The Morgan fingerprint density at radius 3 is 2.62 bits per heavy atom. The maximum absolute atomic E-state index is 12.0. The van der Waals surface area contributed by atoms with Crippen LogP contribution in [0.4, 0.5) is 0 Å². The van der Waals surface area contributed by atoms with E-state index in [-0.39, 0.29) is 17.2 Å². The Morgan fingerprint density at radius 1 is 1.44 bits per heavy atom. The van der Waals surface area contributed by atoms with E-state index in [0.717, 1.165) is 18.4 Å². The van der Waals surface area contributed by atoms with E-state index in [1.165, 1.54) is 6.42 Å². The van der Waals surface area contributed by atoms with Crippen molar-refractivity contribution in [3.05, 3.63) is 29.3 Å². The Balaban J connectivity index is 2.14. The zero-order chi connectivity index (χ0) is 11.8. The third kappa shape index (κ3) is 2.03.